The zero-order valence-corrected chi connectivity index (χ0v) is 14.0. The number of piperidine rings is 1. The summed E-state index contributed by atoms with van der Waals surface area (Å²) in [7, 11) is 0. The van der Waals surface area contributed by atoms with Crippen LogP contribution in [0.3, 0.4) is 0 Å². The number of thiophene rings is 1. The van der Waals surface area contributed by atoms with Crippen LogP contribution >= 0.6 is 11.3 Å². The fourth-order valence-electron chi connectivity index (χ4n) is 2.27. The third-order valence-corrected chi connectivity index (χ3v) is 4.22. The molecule has 26 heavy (non-hydrogen) atoms. The van der Waals surface area contributed by atoms with Crippen LogP contribution in [0.25, 0.3) is 10.2 Å². The molecule has 0 atom stereocenters. The molecule has 2 aromatic rings. The van der Waals surface area contributed by atoms with E-state index in [1.165, 1.54) is 0 Å². The highest BCUT2D eigenvalue weighted by atomic mass is 32.1. The van der Waals surface area contributed by atoms with Gasteiger partial charge in [0, 0.05) is 34.5 Å². The number of fused-ring (bicyclic) bond motifs is 1. The van der Waals surface area contributed by atoms with E-state index in [-0.39, 0.29) is 20.8 Å². The number of amides is 1. The summed E-state index contributed by atoms with van der Waals surface area (Å²) in [6.07, 6.45) is -11.3. The number of aromatic nitrogens is 1. The minimum Gasteiger partial charge on any atom is -0.506 e. The van der Waals surface area contributed by atoms with E-state index in [1.807, 2.05) is 0 Å². The van der Waals surface area contributed by atoms with Crippen LogP contribution in [0.1, 0.15) is 81.7 Å². The molecule has 0 aromatic carbocycles. The number of nitrogens with zero attached hydrogens (tertiary/aromatic N) is 2. The van der Waals surface area contributed by atoms with Crippen LogP contribution in [0.15, 0.2) is 16.2 Å². The first-order chi connectivity index (χ1) is 19.9. The second-order valence-electron chi connectivity index (χ2n) is 5.08. The molecule has 1 fully saturated rings. The molecule has 0 bridgehead atoms. The van der Waals surface area contributed by atoms with Crippen LogP contribution < -0.4 is 10.9 Å². The Kier molecular flexibility index (Phi) is 2.01. The standard InChI is InChI=1S/C19H27N3O3S/c1-13(2)22-18(25)15(16(23)14-7-12-26-19(14)22)17(24)20-8-6-11-21-9-4-3-5-10-21/h7,12-13,23H,3-6,8-11H2,1-2H3,(H,20,24)/i1D3,2D3,3D2,4D2,5D2,7D,9D2,10D2,12D,13D. The highest BCUT2D eigenvalue weighted by Crippen LogP contribution is 2.31. The molecule has 6 nitrogen and oxygen atoms in total. The Bertz CT molecular complexity index is 1530. The van der Waals surface area contributed by atoms with Crippen molar-refractivity contribution in [1.29, 1.82) is 0 Å². The van der Waals surface area contributed by atoms with Crippen molar-refractivity contribution in [2.45, 2.75) is 45.3 Å². The van der Waals surface area contributed by atoms with Crippen LogP contribution in [0.5, 0.6) is 5.75 Å². The summed E-state index contributed by atoms with van der Waals surface area (Å²) in [5, 5.41) is 11.5. The van der Waals surface area contributed by atoms with Crippen LogP contribution in [0, 0.1) is 0 Å². The molecule has 3 heterocycles. The maximum atomic E-state index is 13.5. The molecule has 142 valence electrons. The van der Waals surface area contributed by atoms with Gasteiger partial charge in [-0.15, -0.1) is 11.3 Å². The first-order valence-electron chi connectivity index (χ1n) is 16.8. The van der Waals surface area contributed by atoms with Crippen LogP contribution in [-0.4, -0.2) is 46.6 Å². The average molecular weight is 397 g/mol. The van der Waals surface area contributed by atoms with Gasteiger partial charge in [-0.2, -0.15) is 0 Å². The molecule has 1 saturated heterocycles. The maximum absolute atomic E-state index is 13.5. The molecule has 1 aliphatic rings. The van der Waals surface area contributed by atoms with Crippen molar-refractivity contribution in [3.63, 3.8) is 0 Å². The van der Waals surface area contributed by atoms with Gasteiger partial charge in [0.15, 0.2) is 0 Å². The van der Waals surface area contributed by atoms with E-state index in [9.17, 15) is 14.7 Å². The van der Waals surface area contributed by atoms with Crippen molar-refractivity contribution < 1.29 is 35.9 Å². The smallest absolute Gasteiger partial charge is 0.268 e. The minimum atomic E-state index is -3.77. The minimum absolute atomic E-state index is 0.0906. The maximum Gasteiger partial charge on any atom is 0.268 e. The summed E-state index contributed by atoms with van der Waals surface area (Å²) in [5.41, 5.74) is -3.07. The first-order valence-corrected chi connectivity index (χ1v) is 8.14. The Morgan fingerprint density at radius 1 is 1.50 bits per heavy atom. The Hall–Kier alpha value is -1.86. The third-order valence-electron chi connectivity index (χ3n) is 3.43. The number of nitrogens with one attached hydrogen (secondary N) is 1. The summed E-state index contributed by atoms with van der Waals surface area (Å²) < 4.78 is 151. The van der Waals surface area contributed by atoms with E-state index in [4.69, 9.17) is 26.0 Å². The van der Waals surface area contributed by atoms with Gasteiger partial charge in [0.1, 0.15) is 16.1 Å². The molecule has 3 rings (SSSR count). The van der Waals surface area contributed by atoms with Crippen molar-refractivity contribution in [1.82, 2.24) is 14.8 Å². The van der Waals surface area contributed by atoms with Gasteiger partial charge < -0.3 is 15.3 Å². The molecule has 0 radical (unpaired) electrons. The lowest BCUT2D eigenvalue weighted by Gasteiger charge is -2.26. The molecule has 7 heteroatoms. The summed E-state index contributed by atoms with van der Waals surface area (Å²) >= 11 is 0.215. The number of likely N-dealkylation sites (tertiary alicyclic amines) is 1. The quantitative estimate of drug-likeness (QED) is 0.736. The van der Waals surface area contributed by atoms with Crippen molar-refractivity contribution >= 4 is 27.5 Å². The highest BCUT2D eigenvalue weighted by Gasteiger charge is 2.23. The van der Waals surface area contributed by atoms with E-state index in [0.717, 1.165) is 0 Å². The molecular formula is C19H27N3O3S. The molecule has 0 spiro atoms. The van der Waals surface area contributed by atoms with Crippen molar-refractivity contribution in [3.8, 4) is 5.75 Å². The van der Waals surface area contributed by atoms with Gasteiger partial charge in [0.25, 0.3) is 11.5 Å². The molecule has 1 amide bonds. The molecule has 2 N–H and O–H groups in total. The van der Waals surface area contributed by atoms with Gasteiger partial charge in [-0.05, 0) is 63.8 Å². The van der Waals surface area contributed by atoms with E-state index in [0.29, 0.717) is 0 Å². The van der Waals surface area contributed by atoms with Crippen molar-refractivity contribution in [3.05, 3.63) is 27.3 Å². The predicted octanol–water partition coefficient (Wildman–Crippen LogP) is 2.96. The molecule has 2 aromatic heterocycles. The van der Waals surface area contributed by atoms with Gasteiger partial charge in [-0.3, -0.25) is 14.2 Å². The summed E-state index contributed by atoms with van der Waals surface area (Å²) in [6.45, 7) is -15.8. The number of aromatic hydroxyl groups is 1. The normalized spacial score (nSPS) is 37.5. The predicted molar refractivity (Wildman–Crippen MR) is 105 cm³/mol. The lowest BCUT2D eigenvalue weighted by Crippen LogP contribution is -2.36. The molecular weight excluding hydrogens is 350 g/mol. The van der Waals surface area contributed by atoms with Crippen molar-refractivity contribution in [2.75, 3.05) is 26.1 Å². The van der Waals surface area contributed by atoms with E-state index in [1.54, 1.807) is 0 Å². The first kappa shape index (κ1) is 6.34. The van der Waals surface area contributed by atoms with Gasteiger partial charge in [-0.25, -0.2) is 0 Å². The lowest BCUT2D eigenvalue weighted by molar-refractivity contribution is 0.0946. The fraction of sp³-hybridized carbons (Fsp3) is 0.579. The van der Waals surface area contributed by atoms with Gasteiger partial charge in [-0.1, -0.05) is 6.37 Å². The van der Waals surface area contributed by atoms with Gasteiger partial charge in [0.2, 0.25) is 0 Å². The topological polar surface area (TPSA) is 74.6 Å². The Morgan fingerprint density at radius 2 is 2.27 bits per heavy atom. The van der Waals surface area contributed by atoms with E-state index in [2.05, 4.69) is 5.32 Å². The zero-order chi connectivity index (χ0) is 35.3. The van der Waals surface area contributed by atoms with E-state index < -0.39 is 116 Å². The second kappa shape index (κ2) is 8.22. The molecule has 0 aliphatic carbocycles. The van der Waals surface area contributed by atoms with Crippen LogP contribution in [-0.2, 0) is 0 Å². The molecule has 0 saturated carbocycles. The lowest BCUT2D eigenvalue weighted by atomic mass is 10.1. The van der Waals surface area contributed by atoms with Gasteiger partial charge >= 0.3 is 0 Å². The monoisotopic (exact) mass is 396 g/mol. The fourth-order valence-corrected chi connectivity index (χ4v) is 3.04. The number of carbonyl (C=O) groups is 1. The van der Waals surface area contributed by atoms with Crippen molar-refractivity contribution in [2.24, 2.45) is 0 Å². The number of pyridine rings is 1. The Morgan fingerprint density at radius 3 is 3.00 bits per heavy atom. The molecule has 0 unspecified atom stereocenters. The largest absolute Gasteiger partial charge is 0.506 e. The summed E-state index contributed by atoms with van der Waals surface area (Å²) in [6, 6.07) is -4.58. The van der Waals surface area contributed by atoms with Gasteiger partial charge in [0.05, 0.1) is 9.50 Å². The van der Waals surface area contributed by atoms with E-state index >= 15 is 0 Å². The average Bonchev–Trinajstić information content (AvgIpc) is 3.14. The SMILES string of the molecule is [2H]c1sc2c(c1[2H])c(O)c(C(=O)NCCCN1C([2H])([2H])C([2H])([2H])C([2H])([2H])C([2H])([2H])C1([2H])[2H])c(=O)n2C([2H])(C([2H])([2H])[2H])C([2H])([2H])[2H]. The Labute approximate surface area is 184 Å². The van der Waals surface area contributed by atoms with Crippen LogP contribution in [0.2, 0.25) is 0 Å². The number of hydrogen-bond acceptors (Lipinski definition) is 5. The number of rotatable bonds is 6. The molecule has 1 aliphatic heterocycles. The zero-order valence-electron chi connectivity index (χ0n) is 32.2. The number of hydrogen-bond donors (Lipinski definition) is 2. The summed E-state index contributed by atoms with van der Waals surface area (Å²) in [5.74, 6) is -2.73. The number of carbonyl (C=O) groups excluding carboxylic acids is 1. The highest BCUT2D eigenvalue weighted by molar-refractivity contribution is 7.16. The summed E-state index contributed by atoms with van der Waals surface area (Å²) in [4.78, 5) is 26.1. The second-order valence-corrected chi connectivity index (χ2v) is 5.88. The third kappa shape index (κ3) is 3.78. The van der Waals surface area contributed by atoms with Crippen LogP contribution in [0.4, 0.5) is 0 Å². The Balaban J connectivity index is 2.05.